The highest BCUT2D eigenvalue weighted by Crippen LogP contribution is 2.79. The fourth-order valence-electron chi connectivity index (χ4n) is 4.74. The fourth-order valence-corrected chi connectivity index (χ4v) is 12.6. The van der Waals surface area contributed by atoms with E-state index in [9.17, 15) is 19.8 Å². The second-order valence-electron chi connectivity index (χ2n) is 6.53. The minimum atomic E-state index is -0.764. The van der Waals surface area contributed by atoms with Gasteiger partial charge in [-0.25, -0.2) is 0 Å². The van der Waals surface area contributed by atoms with E-state index in [2.05, 4.69) is 0 Å². The van der Waals surface area contributed by atoms with Crippen LogP contribution in [0.15, 0.2) is 0 Å². The number of carboxylic acids is 2. The van der Waals surface area contributed by atoms with E-state index >= 15 is 0 Å². The summed E-state index contributed by atoms with van der Waals surface area (Å²) in [5.41, 5.74) is -1.53. The number of aliphatic carboxylic acids is 2. The minimum Gasteiger partial charge on any atom is -0.481 e. The third-order valence-corrected chi connectivity index (χ3v) is 13.4. The normalized spacial score (nSPS) is 41.3. The highest BCUT2D eigenvalue weighted by atomic mass is 32.2. The Morgan fingerprint density at radius 2 is 1.00 bits per heavy atom. The number of carbonyl (C=O) groups is 2. The summed E-state index contributed by atoms with van der Waals surface area (Å²) in [6, 6.07) is 0. The van der Waals surface area contributed by atoms with Crippen LogP contribution in [0.3, 0.4) is 0 Å². The van der Waals surface area contributed by atoms with Gasteiger partial charge in [-0.15, -0.1) is 47.0 Å². The van der Waals surface area contributed by atoms with Crippen LogP contribution in [0.25, 0.3) is 0 Å². The Labute approximate surface area is 146 Å². The second-order valence-corrected chi connectivity index (χ2v) is 12.6. The van der Waals surface area contributed by atoms with Gasteiger partial charge in [-0.2, -0.15) is 0 Å². The van der Waals surface area contributed by atoms with Crippen molar-refractivity contribution in [2.45, 2.75) is 33.8 Å². The molecule has 8 heteroatoms. The topological polar surface area (TPSA) is 74.6 Å². The first-order chi connectivity index (χ1) is 10.4. The van der Waals surface area contributed by atoms with Crippen LogP contribution < -0.4 is 0 Å². The van der Waals surface area contributed by atoms with E-state index in [-0.39, 0.29) is 0 Å². The number of hydrogen-bond acceptors (Lipinski definition) is 6. The van der Waals surface area contributed by atoms with Crippen molar-refractivity contribution in [3.63, 3.8) is 0 Å². The van der Waals surface area contributed by atoms with Crippen LogP contribution in [-0.2, 0) is 9.59 Å². The summed E-state index contributed by atoms with van der Waals surface area (Å²) in [4.78, 5) is 24.6. The van der Waals surface area contributed by atoms with Gasteiger partial charge in [0.15, 0.2) is 0 Å². The average molecular weight is 379 g/mol. The average Bonchev–Trinajstić information content (AvgIpc) is 3.11. The van der Waals surface area contributed by atoms with Crippen molar-refractivity contribution in [1.29, 1.82) is 0 Å². The number of fused-ring (bicyclic) bond motifs is 1. The smallest absolute Gasteiger partial charge is 0.312 e. The third kappa shape index (κ3) is 1.68. The molecule has 2 spiro atoms. The lowest BCUT2D eigenvalue weighted by Gasteiger charge is -2.65. The van der Waals surface area contributed by atoms with Crippen molar-refractivity contribution in [3.8, 4) is 0 Å². The van der Waals surface area contributed by atoms with Gasteiger partial charge in [0.25, 0.3) is 0 Å². The Hall–Kier alpha value is 0.340. The van der Waals surface area contributed by atoms with Crippen molar-refractivity contribution >= 4 is 59.0 Å². The molecule has 2 atom stereocenters. The maximum absolute atomic E-state index is 12.3. The molecule has 0 aromatic carbocycles. The summed E-state index contributed by atoms with van der Waals surface area (Å²) in [5, 5.41) is 20.2. The predicted octanol–water partition coefficient (Wildman–Crippen LogP) is 3.07. The van der Waals surface area contributed by atoms with Crippen LogP contribution in [0, 0.1) is 10.8 Å². The summed E-state index contributed by atoms with van der Waals surface area (Å²) in [6.45, 7) is 0. The lowest BCUT2D eigenvalue weighted by Crippen LogP contribution is -2.69. The lowest BCUT2D eigenvalue weighted by atomic mass is 9.52. The van der Waals surface area contributed by atoms with Crippen LogP contribution in [0.1, 0.15) is 25.7 Å². The fraction of sp³-hybridized carbons (Fsp3) is 0.857. The zero-order valence-corrected chi connectivity index (χ0v) is 15.3. The molecule has 4 nitrogen and oxygen atoms in total. The van der Waals surface area contributed by atoms with E-state index in [1.54, 1.807) is 47.0 Å². The van der Waals surface area contributed by atoms with Gasteiger partial charge in [-0.1, -0.05) is 0 Å². The minimum absolute atomic E-state index is 0.440. The Morgan fingerprint density at radius 3 is 1.27 bits per heavy atom. The maximum Gasteiger partial charge on any atom is 0.312 e. The van der Waals surface area contributed by atoms with Gasteiger partial charge in [0.05, 0.1) is 19.0 Å². The van der Waals surface area contributed by atoms with E-state index in [1.165, 1.54) is 0 Å². The summed E-state index contributed by atoms with van der Waals surface area (Å²) < 4.78 is -0.880. The van der Waals surface area contributed by atoms with Crippen LogP contribution in [-0.4, -0.2) is 53.3 Å². The van der Waals surface area contributed by atoms with E-state index in [0.29, 0.717) is 25.7 Å². The van der Waals surface area contributed by atoms with Crippen molar-refractivity contribution in [2.24, 2.45) is 10.8 Å². The largest absolute Gasteiger partial charge is 0.481 e. The molecule has 3 aliphatic carbocycles. The molecule has 3 saturated carbocycles. The molecule has 0 radical (unpaired) electrons. The van der Waals surface area contributed by atoms with Crippen LogP contribution in [0.2, 0.25) is 0 Å². The molecule has 2 aliphatic heterocycles. The summed E-state index contributed by atoms with van der Waals surface area (Å²) in [7, 11) is 0. The molecule has 0 aromatic heterocycles. The Morgan fingerprint density at radius 1 is 0.682 bits per heavy atom. The van der Waals surface area contributed by atoms with Crippen LogP contribution in [0.5, 0.6) is 0 Å². The summed E-state index contributed by atoms with van der Waals surface area (Å²) >= 11 is 6.86. The number of hydrogen-bond donors (Lipinski definition) is 2. The van der Waals surface area contributed by atoms with Gasteiger partial charge in [0, 0.05) is 23.0 Å². The quantitative estimate of drug-likeness (QED) is 0.759. The number of carboxylic acid groups (broad SMARTS) is 2. The molecular weight excluding hydrogens is 360 g/mol. The first-order valence-electron chi connectivity index (χ1n) is 7.45. The lowest BCUT2D eigenvalue weighted by molar-refractivity contribution is -0.171. The van der Waals surface area contributed by atoms with Crippen LogP contribution >= 0.6 is 47.0 Å². The number of rotatable bonds is 2. The molecule has 122 valence electrons. The molecule has 2 heterocycles. The first-order valence-corrected chi connectivity index (χ1v) is 11.4. The molecule has 5 aliphatic rings. The zero-order chi connectivity index (χ0) is 15.6. The standard InChI is InChI=1S/C14H18O4S4/c15-9(16)11-1-2-12(10(17)18,8-13(11)19-3-4-20-13)14(7-11)21-5-6-22-14/h1-8H2,(H,15,16)(H,17,18). The molecule has 2 saturated heterocycles. The van der Waals surface area contributed by atoms with Crippen LogP contribution in [0.4, 0.5) is 0 Å². The highest BCUT2D eigenvalue weighted by molar-refractivity contribution is 8.22. The van der Waals surface area contributed by atoms with Gasteiger partial charge >= 0.3 is 11.9 Å². The van der Waals surface area contributed by atoms with Crippen molar-refractivity contribution in [3.05, 3.63) is 0 Å². The maximum atomic E-state index is 12.3. The molecule has 5 rings (SSSR count). The van der Waals surface area contributed by atoms with Gasteiger partial charge < -0.3 is 10.2 Å². The Kier molecular flexibility index (Phi) is 3.55. The zero-order valence-electron chi connectivity index (χ0n) is 12.0. The summed E-state index contributed by atoms with van der Waals surface area (Å²) in [6.07, 6.45) is 2.04. The first kappa shape index (κ1) is 15.8. The molecule has 2 bridgehead atoms. The van der Waals surface area contributed by atoms with E-state index in [4.69, 9.17) is 0 Å². The molecule has 0 aromatic rings. The third-order valence-electron chi connectivity index (χ3n) is 5.83. The Balaban J connectivity index is 1.88. The van der Waals surface area contributed by atoms with Crippen molar-refractivity contribution in [2.75, 3.05) is 23.0 Å². The van der Waals surface area contributed by atoms with Gasteiger partial charge in [0.2, 0.25) is 0 Å². The van der Waals surface area contributed by atoms with Crippen molar-refractivity contribution in [1.82, 2.24) is 0 Å². The van der Waals surface area contributed by atoms with E-state index < -0.39 is 30.9 Å². The van der Waals surface area contributed by atoms with Crippen molar-refractivity contribution < 1.29 is 19.8 Å². The Bertz CT molecular complexity index is 493. The number of thioether (sulfide) groups is 4. The molecule has 0 amide bonds. The second kappa shape index (κ2) is 4.92. The molecular formula is C14H18O4S4. The predicted molar refractivity (Wildman–Crippen MR) is 93.9 cm³/mol. The van der Waals surface area contributed by atoms with Gasteiger partial charge in [-0.3, -0.25) is 9.59 Å². The highest BCUT2D eigenvalue weighted by Gasteiger charge is 2.78. The molecule has 5 fully saturated rings. The van der Waals surface area contributed by atoms with E-state index in [1.807, 2.05) is 0 Å². The summed E-state index contributed by atoms with van der Waals surface area (Å²) in [5.74, 6) is 2.32. The van der Waals surface area contributed by atoms with Gasteiger partial charge in [-0.05, 0) is 25.7 Å². The molecule has 2 N–H and O–H groups in total. The SMILES string of the molecule is O=C(O)C12CCC(C(=O)O)(CC13SCCS3)C1(C2)SCCS1. The molecule has 22 heavy (non-hydrogen) atoms. The molecule has 2 unspecified atom stereocenters. The van der Waals surface area contributed by atoms with E-state index in [0.717, 1.165) is 23.0 Å². The monoisotopic (exact) mass is 378 g/mol. The van der Waals surface area contributed by atoms with Gasteiger partial charge in [0.1, 0.15) is 0 Å².